The first kappa shape index (κ1) is 34.4. The average molecular weight is 664 g/mol. The number of carbonyl (C=O) groups excluding carboxylic acids is 1. The maximum absolute atomic E-state index is 13.7. The van der Waals surface area contributed by atoms with E-state index in [1.807, 2.05) is 24.3 Å². The molecule has 1 atom stereocenters. The average Bonchev–Trinajstić information content (AvgIpc) is 2.90. The molecule has 0 bridgehead atoms. The Morgan fingerprint density at radius 3 is 1.74 bits per heavy atom. The summed E-state index contributed by atoms with van der Waals surface area (Å²) in [6, 6.07) is 18.9. The highest BCUT2D eigenvalue weighted by molar-refractivity contribution is 9.10. The lowest BCUT2D eigenvalue weighted by atomic mass is 9.85. The van der Waals surface area contributed by atoms with Gasteiger partial charge in [0, 0.05) is 10.4 Å². The maximum Gasteiger partial charge on any atom is 0.419 e. The van der Waals surface area contributed by atoms with Crippen LogP contribution in [-0.4, -0.2) is 6.41 Å². The van der Waals surface area contributed by atoms with Crippen LogP contribution in [0.2, 0.25) is 0 Å². The van der Waals surface area contributed by atoms with E-state index in [4.69, 9.17) is 4.79 Å². The number of hydrogen-bond donors (Lipinski definition) is 1. The molecule has 1 amide bonds. The zero-order valence-corrected chi connectivity index (χ0v) is 23.3. The molecule has 0 aliphatic carbocycles. The molecule has 0 heterocycles. The Morgan fingerprint density at radius 2 is 1.24 bits per heavy atom. The smallest absolute Gasteiger partial charge is 0.372 e. The molecule has 0 aliphatic heterocycles. The Bertz CT molecular complexity index is 1470. The van der Waals surface area contributed by atoms with Gasteiger partial charge in [0.05, 0.1) is 11.1 Å². The topological polar surface area (TPSA) is 43.1 Å². The third-order valence-corrected chi connectivity index (χ3v) is 6.26. The van der Waals surface area contributed by atoms with Crippen molar-refractivity contribution >= 4 is 22.3 Å². The van der Waals surface area contributed by atoms with E-state index in [1.165, 1.54) is 37.3 Å². The highest BCUT2D eigenvalue weighted by Crippen LogP contribution is 2.36. The fourth-order valence-electron chi connectivity index (χ4n) is 3.84. The Kier molecular flexibility index (Phi) is 12.2. The van der Waals surface area contributed by atoms with Crippen LogP contribution in [0, 0.1) is 24.4 Å². The predicted molar refractivity (Wildman–Crippen MR) is 144 cm³/mol. The molecule has 2 nitrogen and oxygen atoms in total. The minimum Gasteiger partial charge on any atom is -0.372 e. The number of amides is 1. The molecule has 4 rings (SSSR count). The van der Waals surface area contributed by atoms with E-state index in [2.05, 4.69) is 21.7 Å². The van der Waals surface area contributed by atoms with Crippen LogP contribution in [0.1, 0.15) is 39.3 Å². The summed E-state index contributed by atoms with van der Waals surface area (Å²) in [5, 5.41) is 0. The van der Waals surface area contributed by atoms with E-state index >= 15 is 0 Å². The maximum atomic E-state index is 13.7. The van der Waals surface area contributed by atoms with E-state index in [0.717, 1.165) is 34.3 Å². The van der Waals surface area contributed by atoms with Crippen LogP contribution in [-0.2, 0) is 23.6 Å². The molecular formula is C30H23BrF9NO. The highest BCUT2D eigenvalue weighted by Gasteiger charge is 2.35. The Hall–Kier alpha value is -3.80. The third-order valence-electron chi connectivity index (χ3n) is 5.73. The van der Waals surface area contributed by atoms with Gasteiger partial charge in [0.1, 0.15) is 17.5 Å². The number of carbonyl (C=O) groups is 1. The van der Waals surface area contributed by atoms with Crippen molar-refractivity contribution in [2.75, 3.05) is 0 Å². The molecule has 4 aromatic carbocycles. The summed E-state index contributed by atoms with van der Waals surface area (Å²) in [5.74, 6) is -3.59. The molecule has 0 spiro atoms. The first-order valence-electron chi connectivity index (χ1n) is 11.9. The number of nitrogens with two attached hydrogens (primary N) is 1. The predicted octanol–water partition coefficient (Wildman–Crippen LogP) is 9.38. The summed E-state index contributed by atoms with van der Waals surface area (Å²) < 4.78 is 116. The number of rotatable bonds is 4. The molecule has 224 valence electrons. The van der Waals surface area contributed by atoms with Crippen LogP contribution < -0.4 is 5.73 Å². The second kappa shape index (κ2) is 14.9. The zero-order valence-electron chi connectivity index (χ0n) is 21.7. The zero-order chi connectivity index (χ0) is 31.7. The van der Waals surface area contributed by atoms with Gasteiger partial charge < -0.3 is 5.73 Å². The highest BCUT2D eigenvalue weighted by atomic mass is 79.9. The van der Waals surface area contributed by atoms with Gasteiger partial charge >= 0.3 is 12.4 Å². The molecule has 0 saturated heterocycles. The molecule has 0 saturated carbocycles. The van der Waals surface area contributed by atoms with E-state index in [-0.39, 0.29) is 12.0 Å². The molecule has 0 aromatic heterocycles. The Morgan fingerprint density at radius 1 is 0.738 bits per heavy atom. The lowest BCUT2D eigenvalue weighted by molar-refractivity contribution is -0.140. The SMILES string of the molecule is Cc1ccc(F)c(C(F)(F)F)c1.Fc1cccc([C@@H](Cc2ccc(Br)cc2)c2ccc(F)c(C(F)(F)F)c2)c1.NC=O. The number of aryl methyl sites for hydroxylation is 1. The Balaban J connectivity index is 0.000000342. The molecule has 42 heavy (non-hydrogen) atoms. The first-order valence-corrected chi connectivity index (χ1v) is 12.7. The van der Waals surface area contributed by atoms with Gasteiger partial charge in [-0.1, -0.05) is 57.9 Å². The van der Waals surface area contributed by atoms with Gasteiger partial charge in [0.15, 0.2) is 0 Å². The summed E-state index contributed by atoms with van der Waals surface area (Å²) in [6.07, 6.45) is -8.81. The first-order chi connectivity index (χ1) is 19.6. The fourth-order valence-corrected chi connectivity index (χ4v) is 4.11. The minimum atomic E-state index is -4.80. The van der Waals surface area contributed by atoms with Crippen molar-refractivity contribution in [3.63, 3.8) is 0 Å². The van der Waals surface area contributed by atoms with Crippen LogP contribution in [0.5, 0.6) is 0 Å². The van der Waals surface area contributed by atoms with Crippen LogP contribution in [0.15, 0.2) is 89.4 Å². The van der Waals surface area contributed by atoms with E-state index in [1.54, 1.807) is 6.07 Å². The summed E-state index contributed by atoms with van der Waals surface area (Å²) in [6.45, 7) is 1.48. The van der Waals surface area contributed by atoms with Crippen LogP contribution >= 0.6 is 15.9 Å². The molecular weight excluding hydrogens is 641 g/mol. The van der Waals surface area contributed by atoms with E-state index in [0.29, 0.717) is 17.5 Å². The molecule has 12 heteroatoms. The number of hydrogen-bond acceptors (Lipinski definition) is 1. The standard InChI is InChI=1S/C21H14BrF5.C8H6F4.CH3NO/c22-16-7-4-13(5-8-16)10-18(14-2-1-3-17(23)11-14)15-6-9-20(24)19(12-15)21(25,26)27;1-5-2-3-7(9)6(4-5)8(10,11)12;2-1-3/h1-9,11-12,18H,10H2;2-4H,1H3;1H,(H2,2,3)/t18-;;/m1../s1. The van der Waals surface area contributed by atoms with Gasteiger partial charge in [-0.2, -0.15) is 26.3 Å². The summed E-state index contributed by atoms with van der Waals surface area (Å²) in [4.78, 5) is 8.58. The number of benzene rings is 4. The molecule has 0 radical (unpaired) electrons. The van der Waals surface area contributed by atoms with Crippen molar-refractivity contribution in [2.24, 2.45) is 5.73 Å². The van der Waals surface area contributed by atoms with E-state index < -0.39 is 46.8 Å². The summed E-state index contributed by atoms with van der Waals surface area (Å²) in [5.41, 5.74) is 3.70. The summed E-state index contributed by atoms with van der Waals surface area (Å²) >= 11 is 3.33. The molecule has 0 unspecified atom stereocenters. The summed E-state index contributed by atoms with van der Waals surface area (Å²) in [7, 11) is 0. The van der Waals surface area contributed by atoms with Gasteiger partial charge in [-0.3, -0.25) is 4.79 Å². The molecule has 0 aliphatic rings. The van der Waals surface area contributed by atoms with Crippen molar-refractivity contribution in [3.8, 4) is 0 Å². The van der Waals surface area contributed by atoms with Gasteiger partial charge in [-0.05, 0) is 78.6 Å². The van der Waals surface area contributed by atoms with Gasteiger partial charge in [-0.25, -0.2) is 13.2 Å². The fraction of sp³-hybridized carbons (Fsp3) is 0.167. The quantitative estimate of drug-likeness (QED) is 0.172. The van der Waals surface area contributed by atoms with Gasteiger partial charge in [-0.15, -0.1) is 0 Å². The number of primary amides is 1. The van der Waals surface area contributed by atoms with Gasteiger partial charge in [0.2, 0.25) is 6.41 Å². The third kappa shape index (κ3) is 10.2. The van der Waals surface area contributed by atoms with Crippen molar-refractivity contribution in [1.82, 2.24) is 0 Å². The second-order valence-corrected chi connectivity index (χ2v) is 9.71. The van der Waals surface area contributed by atoms with Crippen LogP contribution in [0.4, 0.5) is 39.5 Å². The molecule has 2 N–H and O–H groups in total. The van der Waals surface area contributed by atoms with Crippen molar-refractivity contribution in [2.45, 2.75) is 31.6 Å². The lowest BCUT2D eigenvalue weighted by Gasteiger charge is -2.20. The van der Waals surface area contributed by atoms with Crippen LogP contribution in [0.3, 0.4) is 0 Å². The second-order valence-electron chi connectivity index (χ2n) is 8.79. The normalized spacial score (nSPS) is 11.9. The number of halogens is 10. The van der Waals surface area contributed by atoms with E-state index in [9.17, 15) is 39.5 Å². The Labute approximate surface area is 244 Å². The van der Waals surface area contributed by atoms with Crippen molar-refractivity contribution < 1.29 is 44.3 Å². The van der Waals surface area contributed by atoms with Crippen molar-refractivity contribution in [3.05, 3.63) is 140 Å². The minimum absolute atomic E-state index is 0.250. The molecule has 4 aromatic rings. The monoisotopic (exact) mass is 663 g/mol. The van der Waals surface area contributed by atoms with Crippen LogP contribution in [0.25, 0.3) is 0 Å². The van der Waals surface area contributed by atoms with Gasteiger partial charge in [0.25, 0.3) is 0 Å². The van der Waals surface area contributed by atoms with Crippen molar-refractivity contribution in [1.29, 1.82) is 0 Å². The lowest BCUT2D eigenvalue weighted by Crippen LogP contribution is -2.12. The number of alkyl halides is 6. The largest absolute Gasteiger partial charge is 0.419 e. The molecule has 0 fully saturated rings.